The van der Waals surface area contributed by atoms with Gasteiger partial charge in [0, 0.05) is 5.41 Å². The molecule has 0 fully saturated rings. The van der Waals surface area contributed by atoms with E-state index in [1.54, 1.807) is 0 Å². The van der Waals surface area contributed by atoms with Gasteiger partial charge >= 0.3 is 0 Å². The van der Waals surface area contributed by atoms with Crippen LogP contribution in [0.2, 0.25) is 0 Å². The van der Waals surface area contributed by atoms with Crippen molar-refractivity contribution in [3.8, 4) is 11.8 Å². The van der Waals surface area contributed by atoms with Gasteiger partial charge in [-0.2, -0.15) is 0 Å². The van der Waals surface area contributed by atoms with Crippen LogP contribution in [0.25, 0.3) is 0 Å². The van der Waals surface area contributed by atoms with E-state index in [1.165, 1.54) is 0 Å². The molecule has 1 N–H and O–H groups in total. The van der Waals surface area contributed by atoms with Gasteiger partial charge in [-0.15, -0.1) is 0 Å². The molecule has 0 unspecified atom stereocenters. The normalized spacial score (nSPS) is 10.3. The summed E-state index contributed by atoms with van der Waals surface area (Å²) in [6.07, 6.45) is 0.944. The highest BCUT2D eigenvalue weighted by molar-refractivity contribution is 5.27. The van der Waals surface area contributed by atoms with Crippen LogP contribution in [-0.2, 0) is 0 Å². The highest BCUT2D eigenvalue weighted by Gasteiger charge is 2.03. The molecule has 0 aliphatic rings. The van der Waals surface area contributed by atoms with Crippen molar-refractivity contribution in [3.63, 3.8) is 0 Å². The SMILES string of the molecule is C=C(C#CC(C)(C)C)CCNC. The second kappa shape index (κ2) is 5.00. The molecule has 0 aliphatic heterocycles. The zero-order chi connectivity index (χ0) is 9.61. The van der Waals surface area contributed by atoms with Crippen LogP contribution in [0, 0.1) is 17.3 Å². The molecule has 1 nitrogen and oxygen atoms in total. The summed E-state index contributed by atoms with van der Waals surface area (Å²) in [7, 11) is 1.93. The van der Waals surface area contributed by atoms with E-state index in [1.807, 2.05) is 7.05 Å². The molecule has 0 amide bonds. The summed E-state index contributed by atoms with van der Waals surface area (Å²) in [5.41, 5.74) is 1.10. The van der Waals surface area contributed by atoms with Crippen molar-refractivity contribution in [2.24, 2.45) is 5.41 Å². The fourth-order valence-corrected chi connectivity index (χ4v) is 0.614. The van der Waals surface area contributed by atoms with Gasteiger partial charge in [-0.1, -0.05) is 18.4 Å². The summed E-state index contributed by atoms with van der Waals surface area (Å²) >= 11 is 0. The first kappa shape index (κ1) is 11.3. The molecular formula is C11H19N. The Hall–Kier alpha value is -0.740. The lowest BCUT2D eigenvalue weighted by Gasteiger charge is -2.07. The summed E-state index contributed by atoms with van der Waals surface area (Å²) < 4.78 is 0. The Kier molecular flexibility index (Phi) is 4.70. The fourth-order valence-electron chi connectivity index (χ4n) is 0.614. The van der Waals surface area contributed by atoms with Gasteiger partial charge in [0.05, 0.1) is 0 Å². The molecule has 68 valence electrons. The summed E-state index contributed by atoms with van der Waals surface area (Å²) in [5, 5.41) is 3.07. The highest BCUT2D eigenvalue weighted by Crippen LogP contribution is 2.10. The number of nitrogens with one attached hydrogen (secondary N) is 1. The second-order valence-electron chi connectivity index (χ2n) is 3.96. The van der Waals surface area contributed by atoms with Gasteiger partial charge in [0.1, 0.15) is 0 Å². The van der Waals surface area contributed by atoms with E-state index < -0.39 is 0 Å². The molecule has 0 spiro atoms. The molecule has 0 saturated heterocycles. The predicted molar refractivity (Wildman–Crippen MR) is 54.9 cm³/mol. The van der Waals surface area contributed by atoms with Crippen molar-refractivity contribution < 1.29 is 0 Å². The van der Waals surface area contributed by atoms with Crippen molar-refractivity contribution in [2.45, 2.75) is 27.2 Å². The zero-order valence-electron chi connectivity index (χ0n) is 8.62. The van der Waals surface area contributed by atoms with Gasteiger partial charge in [0.25, 0.3) is 0 Å². The first-order valence-corrected chi connectivity index (χ1v) is 4.31. The molecule has 0 aromatic rings. The van der Waals surface area contributed by atoms with E-state index in [0.29, 0.717) is 0 Å². The number of hydrogen-bond acceptors (Lipinski definition) is 1. The average molecular weight is 165 g/mol. The highest BCUT2D eigenvalue weighted by atomic mass is 14.8. The Bertz CT molecular complexity index is 197. The van der Waals surface area contributed by atoms with Crippen molar-refractivity contribution in [2.75, 3.05) is 13.6 Å². The molecule has 0 atom stereocenters. The van der Waals surface area contributed by atoms with Gasteiger partial charge in [-0.25, -0.2) is 0 Å². The van der Waals surface area contributed by atoms with E-state index in [4.69, 9.17) is 0 Å². The van der Waals surface area contributed by atoms with Crippen LogP contribution in [0.3, 0.4) is 0 Å². The van der Waals surface area contributed by atoms with Gasteiger partial charge in [0.15, 0.2) is 0 Å². The monoisotopic (exact) mass is 165 g/mol. The minimum Gasteiger partial charge on any atom is -0.319 e. The Morgan fingerprint density at radius 2 is 2.00 bits per heavy atom. The molecule has 1 heteroatoms. The molecule has 0 aromatic carbocycles. The molecule has 0 rings (SSSR count). The maximum atomic E-state index is 3.88. The summed E-state index contributed by atoms with van der Waals surface area (Å²) in [4.78, 5) is 0. The molecule has 0 bridgehead atoms. The first-order valence-electron chi connectivity index (χ1n) is 4.31. The number of rotatable bonds is 3. The molecule has 0 saturated carbocycles. The van der Waals surface area contributed by atoms with Gasteiger partial charge in [0.2, 0.25) is 0 Å². The van der Waals surface area contributed by atoms with Crippen LogP contribution in [-0.4, -0.2) is 13.6 Å². The van der Waals surface area contributed by atoms with Crippen LogP contribution in [0.1, 0.15) is 27.2 Å². The molecule has 0 heterocycles. The summed E-state index contributed by atoms with van der Waals surface area (Å²) in [6, 6.07) is 0. The molecule has 12 heavy (non-hydrogen) atoms. The minimum atomic E-state index is 0.0859. The van der Waals surface area contributed by atoms with Crippen molar-refractivity contribution >= 4 is 0 Å². The van der Waals surface area contributed by atoms with Crippen LogP contribution in [0.5, 0.6) is 0 Å². The molecule has 0 radical (unpaired) electrons. The second-order valence-corrected chi connectivity index (χ2v) is 3.96. The lowest BCUT2D eigenvalue weighted by atomic mass is 9.97. The largest absolute Gasteiger partial charge is 0.319 e. The Morgan fingerprint density at radius 3 is 2.42 bits per heavy atom. The van der Waals surface area contributed by atoms with Crippen molar-refractivity contribution in [1.29, 1.82) is 0 Å². The van der Waals surface area contributed by atoms with Crippen LogP contribution < -0.4 is 5.32 Å². The molecule has 0 aliphatic carbocycles. The maximum absolute atomic E-state index is 3.88. The van der Waals surface area contributed by atoms with Gasteiger partial charge < -0.3 is 5.32 Å². The summed E-state index contributed by atoms with van der Waals surface area (Å²) in [5.74, 6) is 6.23. The van der Waals surface area contributed by atoms with E-state index >= 15 is 0 Å². The third-order valence-electron chi connectivity index (χ3n) is 1.29. The first-order chi connectivity index (χ1) is 5.45. The Balaban J connectivity index is 3.88. The van der Waals surface area contributed by atoms with Crippen molar-refractivity contribution in [3.05, 3.63) is 12.2 Å². The lowest BCUT2D eigenvalue weighted by Crippen LogP contribution is -2.07. The lowest BCUT2D eigenvalue weighted by molar-refractivity contribution is 0.570. The van der Waals surface area contributed by atoms with E-state index in [-0.39, 0.29) is 5.41 Å². The smallest absolute Gasteiger partial charge is 0.0233 e. The molecule has 0 aromatic heterocycles. The van der Waals surface area contributed by atoms with Crippen LogP contribution in [0.15, 0.2) is 12.2 Å². The van der Waals surface area contributed by atoms with Gasteiger partial charge in [-0.05, 0) is 46.4 Å². The minimum absolute atomic E-state index is 0.0859. The van der Waals surface area contributed by atoms with Crippen LogP contribution in [0.4, 0.5) is 0 Å². The number of hydrogen-bond donors (Lipinski definition) is 1. The van der Waals surface area contributed by atoms with Crippen molar-refractivity contribution in [1.82, 2.24) is 5.32 Å². The predicted octanol–water partition coefficient (Wildman–Crippen LogP) is 2.20. The van der Waals surface area contributed by atoms with E-state index in [9.17, 15) is 0 Å². The average Bonchev–Trinajstić information content (AvgIpc) is 1.95. The topological polar surface area (TPSA) is 12.0 Å². The third-order valence-corrected chi connectivity index (χ3v) is 1.29. The maximum Gasteiger partial charge on any atom is 0.0233 e. The van der Waals surface area contributed by atoms with Crippen LogP contribution >= 0.6 is 0 Å². The third kappa shape index (κ3) is 7.37. The quantitative estimate of drug-likeness (QED) is 0.632. The zero-order valence-corrected chi connectivity index (χ0v) is 8.62. The standard InChI is InChI=1S/C11H19N/c1-10(7-9-12-5)6-8-11(2,3)4/h12H,1,7,9H2,2-5H3. The van der Waals surface area contributed by atoms with E-state index in [2.05, 4.69) is 44.5 Å². The van der Waals surface area contributed by atoms with Gasteiger partial charge in [-0.3, -0.25) is 0 Å². The Morgan fingerprint density at radius 1 is 1.42 bits per heavy atom. The van der Waals surface area contributed by atoms with E-state index in [0.717, 1.165) is 18.5 Å². The fraction of sp³-hybridized carbons (Fsp3) is 0.636. The molecular weight excluding hydrogens is 146 g/mol. The summed E-state index contributed by atoms with van der Waals surface area (Å²) in [6.45, 7) is 11.1. The Labute approximate surface area is 76.2 Å².